The highest BCUT2D eigenvalue weighted by atomic mass is 16.6. The fourth-order valence-electron chi connectivity index (χ4n) is 2.54. The van der Waals surface area contributed by atoms with E-state index in [4.69, 9.17) is 9.47 Å². The molecule has 2 rings (SSSR count). The molecule has 6 nitrogen and oxygen atoms in total. The van der Waals surface area contributed by atoms with Gasteiger partial charge >= 0.3 is 5.97 Å². The number of carbonyl (C=O) groups is 1. The van der Waals surface area contributed by atoms with E-state index in [1.54, 1.807) is 18.2 Å². The molecule has 0 fully saturated rings. The number of rotatable bonds is 6. The zero-order valence-electron chi connectivity index (χ0n) is 13.9. The van der Waals surface area contributed by atoms with E-state index in [1.165, 1.54) is 6.07 Å². The van der Waals surface area contributed by atoms with E-state index < -0.39 is 10.9 Å². The van der Waals surface area contributed by atoms with Crippen LogP contribution in [0.25, 0.3) is 0 Å². The van der Waals surface area contributed by atoms with Crippen LogP contribution in [-0.4, -0.2) is 17.5 Å². The van der Waals surface area contributed by atoms with Gasteiger partial charge in [-0.25, -0.2) is 4.79 Å². The topological polar surface area (TPSA) is 78.7 Å². The molecule has 0 saturated carbocycles. The predicted molar refractivity (Wildman–Crippen MR) is 89.0 cm³/mol. The van der Waals surface area contributed by atoms with Crippen molar-refractivity contribution in [3.8, 4) is 5.75 Å². The summed E-state index contributed by atoms with van der Waals surface area (Å²) in [5.74, 6) is 0.0794. The van der Waals surface area contributed by atoms with Gasteiger partial charge in [0.1, 0.15) is 12.4 Å². The summed E-state index contributed by atoms with van der Waals surface area (Å²) in [5.41, 5.74) is 3.28. The van der Waals surface area contributed by atoms with E-state index in [2.05, 4.69) is 0 Å². The monoisotopic (exact) mass is 329 g/mol. The minimum Gasteiger partial charge on any atom is -0.481 e. The lowest BCUT2D eigenvalue weighted by Crippen LogP contribution is -2.16. The van der Waals surface area contributed by atoms with Crippen molar-refractivity contribution in [2.75, 3.05) is 6.61 Å². The Morgan fingerprint density at radius 3 is 2.38 bits per heavy atom. The highest BCUT2D eigenvalue weighted by molar-refractivity contribution is 5.71. The zero-order valence-corrected chi connectivity index (χ0v) is 13.9. The molecule has 0 heterocycles. The minimum atomic E-state index is -0.576. The minimum absolute atomic E-state index is 0.0727. The van der Waals surface area contributed by atoms with Gasteiger partial charge < -0.3 is 9.47 Å². The highest BCUT2D eigenvalue weighted by Gasteiger charge is 2.15. The van der Waals surface area contributed by atoms with Gasteiger partial charge in [0, 0.05) is 6.07 Å². The average molecular weight is 329 g/mol. The van der Waals surface area contributed by atoms with Gasteiger partial charge in [0.25, 0.3) is 5.69 Å². The molecule has 0 bridgehead atoms. The van der Waals surface area contributed by atoms with Crippen LogP contribution >= 0.6 is 0 Å². The molecule has 24 heavy (non-hydrogen) atoms. The second-order valence-corrected chi connectivity index (χ2v) is 5.56. The van der Waals surface area contributed by atoms with Crippen molar-refractivity contribution >= 4 is 11.7 Å². The molecule has 0 radical (unpaired) electrons. The average Bonchev–Trinajstić information content (AvgIpc) is 2.52. The van der Waals surface area contributed by atoms with Crippen LogP contribution in [0.3, 0.4) is 0 Å². The van der Waals surface area contributed by atoms with Gasteiger partial charge in [0.05, 0.1) is 10.5 Å². The van der Waals surface area contributed by atoms with Gasteiger partial charge in [0.2, 0.25) is 0 Å². The number of nitro benzene ring substituents is 1. The second kappa shape index (κ2) is 7.59. The third kappa shape index (κ3) is 4.32. The molecule has 0 aliphatic rings. The Bertz CT molecular complexity index is 747. The van der Waals surface area contributed by atoms with Crippen LogP contribution in [-0.2, 0) is 16.1 Å². The Morgan fingerprint density at radius 2 is 1.75 bits per heavy atom. The number of hydrogen-bond donors (Lipinski definition) is 0. The van der Waals surface area contributed by atoms with Gasteiger partial charge in [-0.1, -0.05) is 29.8 Å². The Hall–Kier alpha value is -2.89. The molecule has 0 N–H and O–H groups in total. The number of aryl methyl sites for hydroxylation is 3. The van der Waals surface area contributed by atoms with Gasteiger partial charge in [-0.2, -0.15) is 0 Å². The summed E-state index contributed by atoms with van der Waals surface area (Å²) >= 11 is 0. The number of benzene rings is 2. The normalized spacial score (nSPS) is 10.3. The van der Waals surface area contributed by atoms with E-state index in [9.17, 15) is 14.9 Å². The van der Waals surface area contributed by atoms with Crippen molar-refractivity contribution < 1.29 is 19.2 Å². The number of carbonyl (C=O) groups excluding carboxylic acids is 1. The zero-order chi connectivity index (χ0) is 17.7. The lowest BCUT2D eigenvalue weighted by molar-refractivity contribution is -0.385. The van der Waals surface area contributed by atoms with Crippen LogP contribution in [0.5, 0.6) is 5.75 Å². The first-order chi connectivity index (χ1) is 11.4. The van der Waals surface area contributed by atoms with Crippen LogP contribution in [0.15, 0.2) is 36.4 Å². The summed E-state index contributed by atoms with van der Waals surface area (Å²) in [6.45, 7) is 5.41. The molecule has 6 heteroatoms. The van der Waals surface area contributed by atoms with Crippen LogP contribution in [0.4, 0.5) is 5.69 Å². The summed E-state index contributed by atoms with van der Waals surface area (Å²) in [6, 6.07) is 10.1. The van der Waals surface area contributed by atoms with Crippen molar-refractivity contribution in [3.63, 3.8) is 0 Å². The third-order valence-corrected chi connectivity index (χ3v) is 3.52. The maximum atomic E-state index is 11.8. The van der Waals surface area contributed by atoms with Crippen molar-refractivity contribution in [3.05, 3.63) is 68.8 Å². The molecule has 0 aliphatic carbocycles. The van der Waals surface area contributed by atoms with Crippen molar-refractivity contribution in [2.24, 2.45) is 0 Å². The lowest BCUT2D eigenvalue weighted by atomic mass is 10.1. The Balaban J connectivity index is 1.95. The summed E-state index contributed by atoms with van der Waals surface area (Å²) in [7, 11) is 0. The Kier molecular flexibility index (Phi) is 5.52. The molecule has 0 atom stereocenters. The highest BCUT2D eigenvalue weighted by Crippen LogP contribution is 2.24. The molecule has 126 valence electrons. The first-order valence-electron chi connectivity index (χ1n) is 7.47. The standard InChI is InChI=1S/C18H19NO5/c1-12-8-13(2)18(14(3)9-12)24-11-17(20)23-10-15-6-4-5-7-16(15)19(21)22/h4-9H,10-11H2,1-3H3. The van der Waals surface area contributed by atoms with Crippen LogP contribution in [0.2, 0.25) is 0 Å². The number of esters is 1. The van der Waals surface area contributed by atoms with E-state index in [0.29, 0.717) is 11.3 Å². The van der Waals surface area contributed by atoms with Crippen molar-refractivity contribution in [1.82, 2.24) is 0 Å². The van der Waals surface area contributed by atoms with Gasteiger partial charge in [-0.05, 0) is 38.0 Å². The van der Waals surface area contributed by atoms with E-state index >= 15 is 0 Å². The predicted octanol–water partition coefficient (Wildman–Crippen LogP) is 3.64. The smallest absolute Gasteiger partial charge is 0.344 e. The van der Waals surface area contributed by atoms with Crippen LogP contribution in [0.1, 0.15) is 22.3 Å². The van der Waals surface area contributed by atoms with E-state index in [-0.39, 0.29) is 18.9 Å². The molecule has 0 aliphatic heterocycles. The van der Waals surface area contributed by atoms with E-state index in [0.717, 1.165) is 16.7 Å². The summed E-state index contributed by atoms with van der Waals surface area (Å²) in [6.07, 6.45) is 0. The molecule has 0 spiro atoms. The Labute approximate surface area is 140 Å². The summed E-state index contributed by atoms with van der Waals surface area (Å²) in [4.78, 5) is 22.3. The summed E-state index contributed by atoms with van der Waals surface area (Å²) < 4.78 is 10.6. The summed E-state index contributed by atoms with van der Waals surface area (Å²) in [5, 5.41) is 10.9. The van der Waals surface area contributed by atoms with E-state index in [1.807, 2.05) is 32.9 Å². The van der Waals surface area contributed by atoms with Crippen molar-refractivity contribution in [1.29, 1.82) is 0 Å². The molecule has 2 aromatic carbocycles. The van der Waals surface area contributed by atoms with Gasteiger partial charge in [-0.3, -0.25) is 10.1 Å². The van der Waals surface area contributed by atoms with Crippen molar-refractivity contribution in [2.45, 2.75) is 27.4 Å². The van der Waals surface area contributed by atoms with Crippen LogP contribution in [0, 0.1) is 30.9 Å². The first-order valence-corrected chi connectivity index (χ1v) is 7.47. The maximum absolute atomic E-state index is 11.8. The molecular weight excluding hydrogens is 310 g/mol. The fraction of sp³-hybridized carbons (Fsp3) is 0.278. The number of para-hydroxylation sites is 1. The fourth-order valence-corrected chi connectivity index (χ4v) is 2.54. The Morgan fingerprint density at radius 1 is 1.12 bits per heavy atom. The molecule has 0 saturated heterocycles. The number of nitrogens with zero attached hydrogens (tertiary/aromatic N) is 1. The molecule has 0 unspecified atom stereocenters. The van der Waals surface area contributed by atoms with Gasteiger partial charge in [-0.15, -0.1) is 0 Å². The quantitative estimate of drug-likeness (QED) is 0.459. The third-order valence-electron chi connectivity index (χ3n) is 3.52. The van der Waals surface area contributed by atoms with Gasteiger partial charge in [0.15, 0.2) is 6.61 Å². The number of nitro groups is 1. The molecule has 0 amide bonds. The SMILES string of the molecule is Cc1cc(C)c(OCC(=O)OCc2ccccc2[N+](=O)[O-])c(C)c1. The first kappa shape index (κ1) is 17.5. The second-order valence-electron chi connectivity index (χ2n) is 5.56. The largest absolute Gasteiger partial charge is 0.481 e. The lowest BCUT2D eigenvalue weighted by Gasteiger charge is -2.12. The van der Waals surface area contributed by atoms with Crippen LogP contribution < -0.4 is 4.74 Å². The number of ether oxygens (including phenoxy) is 2. The number of hydrogen-bond acceptors (Lipinski definition) is 5. The maximum Gasteiger partial charge on any atom is 0.344 e. The molecule has 0 aromatic heterocycles. The molecule has 2 aromatic rings. The molecular formula is C18H19NO5.